The number of nitrogens with one attached hydrogen (secondary N) is 1. The zero-order valence-electron chi connectivity index (χ0n) is 14.6. The van der Waals surface area contributed by atoms with Crippen LogP contribution in [0, 0.1) is 5.82 Å². The predicted octanol–water partition coefficient (Wildman–Crippen LogP) is 1.54. The molecule has 0 bridgehead atoms. The first-order chi connectivity index (χ1) is 12.5. The summed E-state index contributed by atoms with van der Waals surface area (Å²) >= 11 is 0. The Bertz CT molecular complexity index is 757. The summed E-state index contributed by atoms with van der Waals surface area (Å²) in [5.41, 5.74) is 14.6. The van der Waals surface area contributed by atoms with E-state index in [4.69, 9.17) is 11.5 Å². The van der Waals surface area contributed by atoms with Crippen LogP contribution in [-0.4, -0.2) is 50.1 Å². The number of halogens is 1. The summed E-state index contributed by atoms with van der Waals surface area (Å²) in [6.07, 6.45) is 0. The lowest BCUT2D eigenvalue weighted by molar-refractivity contribution is 0.0947. The van der Waals surface area contributed by atoms with Gasteiger partial charge in [0, 0.05) is 44.8 Å². The molecule has 26 heavy (non-hydrogen) atoms. The highest BCUT2D eigenvalue weighted by atomic mass is 19.1. The van der Waals surface area contributed by atoms with Gasteiger partial charge in [0.05, 0.1) is 17.1 Å². The molecule has 7 heteroatoms. The van der Waals surface area contributed by atoms with E-state index >= 15 is 0 Å². The van der Waals surface area contributed by atoms with E-state index < -0.39 is 0 Å². The molecule has 0 aromatic heterocycles. The standard InChI is InChI=1S/C19H24FN5O/c20-15-6-4-14(5-7-15)19(26)23-8-9-24-10-12-25(13-11-24)17-3-1-2-16(21)18(17)22/h1-7H,8-13,21-22H2,(H,23,26). The molecule has 0 unspecified atom stereocenters. The van der Waals surface area contributed by atoms with Gasteiger partial charge in [0.2, 0.25) is 0 Å². The average Bonchev–Trinajstić information content (AvgIpc) is 2.65. The third kappa shape index (κ3) is 4.23. The van der Waals surface area contributed by atoms with Gasteiger partial charge in [-0.3, -0.25) is 9.69 Å². The van der Waals surface area contributed by atoms with E-state index in [1.807, 2.05) is 12.1 Å². The van der Waals surface area contributed by atoms with Crippen molar-refractivity contribution >= 4 is 23.0 Å². The van der Waals surface area contributed by atoms with Crippen LogP contribution >= 0.6 is 0 Å². The molecule has 1 fully saturated rings. The molecule has 1 aliphatic heterocycles. The van der Waals surface area contributed by atoms with Crippen molar-refractivity contribution in [3.63, 3.8) is 0 Å². The summed E-state index contributed by atoms with van der Waals surface area (Å²) in [6, 6.07) is 11.3. The predicted molar refractivity (Wildman–Crippen MR) is 103 cm³/mol. The first kappa shape index (κ1) is 18.0. The van der Waals surface area contributed by atoms with Crippen LogP contribution in [0.2, 0.25) is 0 Å². The number of carbonyl (C=O) groups excluding carboxylic acids is 1. The number of benzene rings is 2. The largest absolute Gasteiger partial charge is 0.397 e. The molecule has 0 aliphatic carbocycles. The minimum atomic E-state index is -0.347. The molecule has 0 atom stereocenters. The van der Waals surface area contributed by atoms with Gasteiger partial charge in [0.15, 0.2) is 0 Å². The molecule has 138 valence electrons. The van der Waals surface area contributed by atoms with Crippen LogP contribution < -0.4 is 21.7 Å². The third-order valence-corrected chi connectivity index (χ3v) is 4.65. The number of hydrogen-bond donors (Lipinski definition) is 3. The Morgan fingerprint density at radius 2 is 1.73 bits per heavy atom. The lowest BCUT2D eigenvalue weighted by atomic mass is 10.2. The maximum absolute atomic E-state index is 12.9. The monoisotopic (exact) mass is 357 g/mol. The van der Waals surface area contributed by atoms with Gasteiger partial charge < -0.3 is 21.7 Å². The highest BCUT2D eigenvalue weighted by Gasteiger charge is 2.19. The van der Waals surface area contributed by atoms with Crippen LogP contribution in [0.3, 0.4) is 0 Å². The normalized spacial score (nSPS) is 15.0. The van der Waals surface area contributed by atoms with Crippen molar-refractivity contribution in [2.24, 2.45) is 0 Å². The maximum atomic E-state index is 12.9. The smallest absolute Gasteiger partial charge is 0.251 e. The Labute approximate surface area is 152 Å². The molecule has 1 aliphatic rings. The van der Waals surface area contributed by atoms with Crippen molar-refractivity contribution < 1.29 is 9.18 Å². The Morgan fingerprint density at radius 3 is 2.42 bits per heavy atom. The van der Waals surface area contributed by atoms with Crippen LogP contribution in [0.4, 0.5) is 21.5 Å². The first-order valence-electron chi connectivity index (χ1n) is 8.69. The molecule has 1 heterocycles. The molecule has 2 aromatic carbocycles. The molecule has 0 saturated carbocycles. The van der Waals surface area contributed by atoms with E-state index in [1.165, 1.54) is 24.3 Å². The van der Waals surface area contributed by atoms with E-state index in [9.17, 15) is 9.18 Å². The molecule has 2 aromatic rings. The number of nitrogen functional groups attached to an aromatic ring is 2. The Kier molecular flexibility index (Phi) is 5.58. The van der Waals surface area contributed by atoms with Crippen molar-refractivity contribution in [3.05, 3.63) is 53.8 Å². The number of para-hydroxylation sites is 1. The van der Waals surface area contributed by atoms with E-state index in [0.717, 1.165) is 38.4 Å². The Balaban J connectivity index is 1.43. The fourth-order valence-corrected chi connectivity index (χ4v) is 3.09. The van der Waals surface area contributed by atoms with Crippen LogP contribution in [0.25, 0.3) is 0 Å². The van der Waals surface area contributed by atoms with Gasteiger partial charge in [-0.2, -0.15) is 0 Å². The number of carbonyl (C=O) groups is 1. The summed E-state index contributed by atoms with van der Waals surface area (Å²) in [5.74, 6) is -0.531. The molecule has 1 amide bonds. The van der Waals surface area contributed by atoms with Gasteiger partial charge in [0.25, 0.3) is 5.91 Å². The lowest BCUT2D eigenvalue weighted by Gasteiger charge is -2.36. The fourth-order valence-electron chi connectivity index (χ4n) is 3.09. The molecule has 6 nitrogen and oxygen atoms in total. The van der Waals surface area contributed by atoms with Crippen LogP contribution in [0.15, 0.2) is 42.5 Å². The van der Waals surface area contributed by atoms with Crippen molar-refractivity contribution in [2.45, 2.75) is 0 Å². The van der Waals surface area contributed by atoms with E-state index in [2.05, 4.69) is 15.1 Å². The number of anilines is 3. The average molecular weight is 357 g/mol. The highest BCUT2D eigenvalue weighted by Crippen LogP contribution is 2.28. The summed E-state index contributed by atoms with van der Waals surface area (Å²) in [7, 11) is 0. The van der Waals surface area contributed by atoms with Gasteiger partial charge in [-0.15, -0.1) is 0 Å². The first-order valence-corrected chi connectivity index (χ1v) is 8.69. The summed E-state index contributed by atoms with van der Waals surface area (Å²) in [5, 5.41) is 2.87. The molecular formula is C19H24FN5O. The second-order valence-electron chi connectivity index (χ2n) is 6.37. The van der Waals surface area contributed by atoms with Gasteiger partial charge in [-0.25, -0.2) is 4.39 Å². The van der Waals surface area contributed by atoms with E-state index in [0.29, 0.717) is 23.5 Å². The summed E-state index contributed by atoms with van der Waals surface area (Å²) in [6.45, 7) is 4.82. The SMILES string of the molecule is Nc1cccc(N2CCN(CCNC(=O)c3ccc(F)cc3)CC2)c1N. The highest BCUT2D eigenvalue weighted by molar-refractivity contribution is 5.94. The molecule has 0 radical (unpaired) electrons. The molecule has 0 spiro atoms. The lowest BCUT2D eigenvalue weighted by Crippen LogP contribution is -2.48. The van der Waals surface area contributed by atoms with Gasteiger partial charge in [-0.1, -0.05) is 6.07 Å². The zero-order chi connectivity index (χ0) is 18.5. The van der Waals surface area contributed by atoms with Gasteiger partial charge >= 0.3 is 0 Å². The Hall–Kier alpha value is -2.80. The van der Waals surface area contributed by atoms with Gasteiger partial charge in [0.1, 0.15) is 5.82 Å². The fraction of sp³-hybridized carbons (Fsp3) is 0.316. The maximum Gasteiger partial charge on any atom is 0.251 e. The van der Waals surface area contributed by atoms with Gasteiger partial charge in [-0.05, 0) is 36.4 Å². The second-order valence-corrected chi connectivity index (χ2v) is 6.37. The number of nitrogens with two attached hydrogens (primary N) is 2. The number of nitrogens with zero attached hydrogens (tertiary/aromatic N) is 2. The van der Waals surface area contributed by atoms with Crippen LogP contribution in [-0.2, 0) is 0 Å². The summed E-state index contributed by atoms with van der Waals surface area (Å²) < 4.78 is 12.9. The van der Waals surface area contributed by atoms with Crippen LogP contribution in [0.5, 0.6) is 0 Å². The summed E-state index contributed by atoms with van der Waals surface area (Å²) in [4.78, 5) is 16.5. The van der Waals surface area contributed by atoms with Crippen molar-refractivity contribution in [1.82, 2.24) is 10.2 Å². The molecule has 5 N–H and O–H groups in total. The van der Waals surface area contributed by atoms with Crippen molar-refractivity contribution in [3.8, 4) is 0 Å². The van der Waals surface area contributed by atoms with Crippen LogP contribution in [0.1, 0.15) is 10.4 Å². The third-order valence-electron chi connectivity index (χ3n) is 4.65. The number of piperazine rings is 1. The van der Waals surface area contributed by atoms with Crippen molar-refractivity contribution in [1.29, 1.82) is 0 Å². The minimum Gasteiger partial charge on any atom is -0.397 e. The van der Waals surface area contributed by atoms with Crippen molar-refractivity contribution in [2.75, 3.05) is 55.6 Å². The number of hydrogen-bond acceptors (Lipinski definition) is 5. The zero-order valence-corrected chi connectivity index (χ0v) is 14.6. The Morgan fingerprint density at radius 1 is 1.04 bits per heavy atom. The van der Waals surface area contributed by atoms with E-state index in [-0.39, 0.29) is 11.7 Å². The van der Waals surface area contributed by atoms with E-state index in [1.54, 1.807) is 6.07 Å². The topological polar surface area (TPSA) is 87.6 Å². The second kappa shape index (κ2) is 8.05. The number of rotatable bonds is 5. The molecular weight excluding hydrogens is 333 g/mol. The quantitative estimate of drug-likeness (QED) is 0.707. The molecule has 3 rings (SSSR count). The minimum absolute atomic E-state index is 0.184. The molecule has 1 saturated heterocycles. The number of amides is 1.